The zero-order valence-electron chi connectivity index (χ0n) is 16.5. The average Bonchev–Trinajstić information content (AvgIpc) is 3.06. The lowest BCUT2D eigenvalue weighted by Gasteiger charge is -2.15. The fraction of sp³-hybridized carbons (Fsp3) is 0.304. The van der Waals surface area contributed by atoms with Gasteiger partial charge < -0.3 is 14.4 Å². The first kappa shape index (κ1) is 20.6. The molecule has 1 heterocycles. The molecule has 0 saturated heterocycles. The lowest BCUT2D eigenvalue weighted by Crippen LogP contribution is -2.07. The van der Waals surface area contributed by atoms with E-state index >= 15 is 0 Å². The highest BCUT2D eigenvalue weighted by Crippen LogP contribution is 2.25. The summed E-state index contributed by atoms with van der Waals surface area (Å²) in [5.74, 6) is 0.560. The van der Waals surface area contributed by atoms with E-state index in [1.807, 2.05) is 37.4 Å². The lowest BCUT2D eigenvalue weighted by molar-refractivity contribution is -0.137. The zero-order chi connectivity index (χ0) is 20.6. The summed E-state index contributed by atoms with van der Waals surface area (Å²) in [5.41, 5.74) is 2.90. The minimum absolute atomic E-state index is 0.197. The van der Waals surface area contributed by atoms with Crippen LogP contribution < -0.4 is 4.74 Å². The maximum Gasteiger partial charge on any atom is 0.303 e. The number of aromatic nitrogens is 2. The van der Waals surface area contributed by atoms with Gasteiger partial charge in [-0.2, -0.15) is 0 Å². The number of unbranched alkanes of at least 4 members (excludes halogenated alkanes) is 2. The fourth-order valence-corrected chi connectivity index (χ4v) is 3.17. The second-order valence-corrected chi connectivity index (χ2v) is 6.98. The summed E-state index contributed by atoms with van der Waals surface area (Å²) in [6.45, 7) is 3.13. The molecule has 0 spiro atoms. The molecule has 0 amide bonds. The van der Waals surface area contributed by atoms with Crippen LogP contribution in [0.5, 0.6) is 5.75 Å². The van der Waals surface area contributed by atoms with Crippen LogP contribution in [-0.2, 0) is 11.3 Å². The molecule has 29 heavy (non-hydrogen) atoms. The van der Waals surface area contributed by atoms with E-state index in [1.165, 1.54) is 12.1 Å². The Morgan fingerprint density at radius 1 is 1.10 bits per heavy atom. The number of carboxylic acid groups (broad SMARTS) is 1. The van der Waals surface area contributed by atoms with E-state index in [2.05, 4.69) is 9.55 Å². The Hall–Kier alpha value is -3.15. The highest BCUT2D eigenvalue weighted by atomic mass is 19.1. The summed E-state index contributed by atoms with van der Waals surface area (Å²) in [6, 6.07) is 14.2. The topological polar surface area (TPSA) is 64.4 Å². The number of hydrogen-bond acceptors (Lipinski definition) is 3. The lowest BCUT2D eigenvalue weighted by atomic mass is 10.1. The SMILES string of the molecule is Cc1cnc(-c2ccc(F)cc2)n1Cc1ccccc1OCCCCCC(=O)O. The molecule has 2 aromatic carbocycles. The van der Waals surface area contributed by atoms with E-state index in [0.29, 0.717) is 19.6 Å². The number of nitrogens with zero attached hydrogens (tertiary/aromatic N) is 2. The first-order valence-corrected chi connectivity index (χ1v) is 9.75. The number of imidazole rings is 1. The van der Waals surface area contributed by atoms with E-state index in [4.69, 9.17) is 9.84 Å². The Kier molecular flexibility index (Phi) is 7.00. The van der Waals surface area contributed by atoms with E-state index in [9.17, 15) is 9.18 Å². The molecule has 1 aromatic heterocycles. The number of para-hydroxylation sites is 1. The van der Waals surface area contributed by atoms with Gasteiger partial charge in [-0.15, -0.1) is 0 Å². The van der Waals surface area contributed by atoms with Crippen LogP contribution in [0, 0.1) is 12.7 Å². The van der Waals surface area contributed by atoms with Crippen LogP contribution in [0.1, 0.15) is 36.9 Å². The van der Waals surface area contributed by atoms with Crippen molar-refractivity contribution < 1.29 is 19.0 Å². The normalized spacial score (nSPS) is 10.8. The van der Waals surface area contributed by atoms with Crippen LogP contribution in [0.3, 0.4) is 0 Å². The maximum atomic E-state index is 13.3. The highest BCUT2D eigenvalue weighted by molar-refractivity contribution is 5.66. The standard InChI is InChI=1S/C23H25FN2O3/c1-17-15-25-23(18-10-12-20(24)13-11-18)26(17)16-19-7-4-5-8-21(19)29-14-6-2-3-9-22(27)28/h4-5,7-8,10-13,15H,2-3,6,9,14,16H2,1H3,(H,27,28). The van der Waals surface area contributed by atoms with Gasteiger partial charge in [0.05, 0.1) is 13.2 Å². The number of halogens is 1. The molecule has 152 valence electrons. The number of carboxylic acids is 1. The molecule has 0 radical (unpaired) electrons. The highest BCUT2D eigenvalue weighted by Gasteiger charge is 2.12. The number of ether oxygens (including phenoxy) is 1. The van der Waals surface area contributed by atoms with Crippen LogP contribution in [0.4, 0.5) is 4.39 Å². The van der Waals surface area contributed by atoms with E-state index in [-0.39, 0.29) is 12.2 Å². The van der Waals surface area contributed by atoms with E-state index in [1.54, 1.807) is 12.1 Å². The van der Waals surface area contributed by atoms with Gasteiger partial charge in [-0.25, -0.2) is 9.37 Å². The maximum absolute atomic E-state index is 13.3. The molecule has 0 saturated carbocycles. The van der Waals surface area contributed by atoms with Crippen molar-refractivity contribution in [2.24, 2.45) is 0 Å². The number of aryl methyl sites for hydroxylation is 1. The predicted octanol–water partition coefficient (Wildman–Crippen LogP) is 5.07. The number of hydrogen-bond donors (Lipinski definition) is 1. The molecule has 3 rings (SSSR count). The summed E-state index contributed by atoms with van der Waals surface area (Å²) in [7, 11) is 0. The van der Waals surface area contributed by atoms with Crippen molar-refractivity contribution in [1.82, 2.24) is 9.55 Å². The minimum atomic E-state index is -0.760. The second-order valence-electron chi connectivity index (χ2n) is 6.98. The monoisotopic (exact) mass is 396 g/mol. The molecule has 3 aromatic rings. The Morgan fingerprint density at radius 2 is 1.86 bits per heavy atom. The van der Waals surface area contributed by atoms with E-state index < -0.39 is 5.97 Å². The molecular formula is C23H25FN2O3. The van der Waals surface area contributed by atoms with Crippen LogP contribution >= 0.6 is 0 Å². The van der Waals surface area contributed by atoms with Crippen molar-refractivity contribution in [3.63, 3.8) is 0 Å². The third-order valence-corrected chi connectivity index (χ3v) is 4.75. The largest absolute Gasteiger partial charge is 0.493 e. The minimum Gasteiger partial charge on any atom is -0.493 e. The average molecular weight is 396 g/mol. The first-order valence-electron chi connectivity index (χ1n) is 9.75. The smallest absolute Gasteiger partial charge is 0.303 e. The van der Waals surface area contributed by atoms with Gasteiger partial charge >= 0.3 is 5.97 Å². The summed E-state index contributed by atoms with van der Waals surface area (Å²) in [6.07, 6.45) is 4.30. The van der Waals surface area contributed by atoms with Crippen molar-refractivity contribution >= 4 is 5.97 Å². The molecule has 6 heteroatoms. The summed E-state index contributed by atoms with van der Waals surface area (Å²) >= 11 is 0. The van der Waals surface area contributed by atoms with Gasteiger partial charge in [0.2, 0.25) is 0 Å². The summed E-state index contributed by atoms with van der Waals surface area (Å²) in [4.78, 5) is 15.1. The molecule has 0 aliphatic rings. The Bertz CT molecular complexity index is 951. The summed E-state index contributed by atoms with van der Waals surface area (Å²) < 4.78 is 21.3. The second kappa shape index (κ2) is 9.87. The first-order chi connectivity index (χ1) is 14.0. The van der Waals surface area contributed by atoms with Crippen molar-refractivity contribution in [2.75, 3.05) is 6.61 Å². The molecule has 0 atom stereocenters. The number of rotatable bonds is 10. The van der Waals surface area contributed by atoms with Crippen LogP contribution in [0.25, 0.3) is 11.4 Å². The number of benzene rings is 2. The number of carbonyl (C=O) groups is 1. The molecule has 0 bridgehead atoms. The molecule has 0 fully saturated rings. The molecule has 1 N–H and O–H groups in total. The van der Waals surface area contributed by atoms with Gasteiger partial charge in [0.25, 0.3) is 0 Å². The van der Waals surface area contributed by atoms with Gasteiger partial charge in [0.1, 0.15) is 17.4 Å². The predicted molar refractivity (Wildman–Crippen MR) is 110 cm³/mol. The van der Waals surface area contributed by atoms with Gasteiger partial charge in [-0.1, -0.05) is 18.2 Å². The van der Waals surface area contributed by atoms with Gasteiger partial charge in [-0.05, 0) is 56.5 Å². The van der Waals surface area contributed by atoms with Crippen molar-refractivity contribution in [3.8, 4) is 17.1 Å². The van der Waals surface area contributed by atoms with Crippen molar-refractivity contribution in [2.45, 2.75) is 39.2 Å². The van der Waals surface area contributed by atoms with Gasteiger partial charge in [0, 0.05) is 29.4 Å². The van der Waals surface area contributed by atoms with Crippen LogP contribution in [0.15, 0.2) is 54.7 Å². The third kappa shape index (κ3) is 5.67. The van der Waals surface area contributed by atoms with Crippen LogP contribution in [0.2, 0.25) is 0 Å². The summed E-state index contributed by atoms with van der Waals surface area (Å²) in [5, 5.41) is 8.69. The fourth-order valence-electron chi connectivity index (χ4n) is 3.17. The van der Waals surface area contributed by atoms with Gasteiger partial charge in [0.15, 0.2) is 0 Å². The Balaban J connectivity index is 1.69. The van der Waals surface area contributed by atoms with Crippen LogP contribution in [-0.4, -0.2) is 27.2 Å². The quantitative estimate of drug-likeness (QED) is 0.486. The number of aliphatic carboxylic acids is 1. The molecule has 5 nitrogen and oxygen atoms in total. The zero-order valence-corrected chi connectivity index (χ0v) is 16.5. The van der Waals surface area contributed by atoms with Crippen molar-refractivity contribution in [3.05, 3.63) is 71.8 Å². The Morgan fingerprint density at radius 3 is 2.62 bits per heavy atom. The third-order valence-electron chi connectivity index (χ3n) is 4.75. The molecular weight excluding hydrogens is 371 g/mol. The van der Waals surface area contributed by atoms with Crippen molar-refractivity contribution in [1.29, 1.82) is 0 Å². The molecule has 0 aliphatic carbocycles. The molecule has 0 aliphatic heterocycles. The Labute approximate surface area is 169 Å². The van der Waals surface area contributed by atoms with E-state index in [0.717, 1.165) is 41.2 Å². The van der Waals surface area contributed by atoms with Gasteiger partial charge in [-0.3, -0.25) is 4.79 Å². The molecule has 0 unspecified atom stereocenters.